The van der Waals surface area contributed by atoms with Gasteiger partial charge in [0.15, 0.2) is 0 Å². The Morgan fingerprint density at radius 1 is 1.00 bits per heavy atom. The number of benzene rings is 1. The van der Waals surface area contributed by atoms with E-state index in [4.69, 9.17) is 36.3 Å². The Morgan fingerprint density at radius 2 is 1.65 bits per heavy atom. The van der Waals surface area contributed by atoms with E-state index in [9.17, 15) is 0 Å². The number of halogens is 1. The highest BCUT2D eigenvalue weighted by molar-refractivity contribution is 6.31. The topological polar surface area (TPSA) is 62.9 Å². The lowest BCUT2D eigenvalue weighted by molar-refractivity contribution is 0.0180. The summed E-state index contributed by atoms with van der Waals surface area (Å²) in [6, 6.07) is 5.47. The van der Waals surface area contributed by atoms with Crippen molar-refractivity contribution in [2.24, 2.45) is 5.73 Å². The normalized spacial score (nSPS) is 10.8. The van der Waals surface area contributed by atoms with Gasteiger partial charge in [0.25, 0.3) is 0 Å². The Hall–Kier alpha value is -0.850. The minimum atomic E-state index is 0.422. The van der Waals surface area contributed by atoms with Gasteiger partial charge in [-0.15, -0.1) is 0 Å². The molecule has 0 amide bonds. The van der Waals surface area contributed by atoms with Crippen molar-refractivity contribution in [1.82, 2.24) is 0 Å². The van der Waals surface area contributed by atoms with Crippen molar-refractivity contribution in [3.63, 3.8) is 0 Å². The first kappa shape index (κ1) is 17.2. The van der Waals surface area contributed by atoms with E-state index in [-0.39, 0.29) is 0 Å². The lowest BCUT2D eigenvalue weighted by Gasteiger charge is -2.09. The van der Waals surface area contributed by atoms with Crippen molar-refractivity contribution >= 4 is 11.6 Å². The molecule has 0 spiro atoms. The van der Waals surface area contributed by atoms with Gasteiger partial charge in [0.05, 0.1) is 33.0 Å². The molecule has 0 aliphatic rings. The van der Waals surface area contributed by atoms with Gasteiger partial charge in [-0.2, -0.15) is 0 Å². The van der Waals surface area contributed by atoms with Crippen molar-refractivity contribution in [3.05, 3.63) is 28.8 Å². The summed E-state index contributed by atoms with van der Waals surface area (Å²) in [7, 11) is 1.64. The molecule has 0 aliphatic carbocycles. The van der Waals surface area contributed by atoms with Crippen molar-refractivity contribution in [3.8, 4) is 5.75 Å². The number of nitrogens with two attached hydrogens (primary N) is 1. The maximum atomic E-state index is 6.03. The Kier molecular flexibility index (Phi) is 9.36. The third-order valence-electron chi connectivity index (χ3n) is 2.54. The van der Waals surface area contributed by atoms with E-state index in [0.717, 1.165) is 5.56 Å². The van der Waals surface area contributed by atoms with E-state index in [2.05, 4.69) is 0 Å². The molecule has 0 fully saturated rings. The molecule has 0 atom stereocenters. The second kappa shape index (κ2) is 10.9. The molecule has 0 heterocycles. The molecular formula is C14H22ClNO4. The Balaban J connectivity index is 2.05. The van der Waals surface area contributed by atoms with Gasteiger partial charge in [0.1, 0.15) is 12.4 Å². The summed E-state index contributed by atoms with van der Waals surface area (Å²) in [6.45, 7) is 3.68. The molecule has 0 unspecified atom stereocenters. The van der Waals surface area contributed by atoms with Crippen LogP contribution in [0.4, 0.5) is 0 Å². The summed E-state index contributed by atoms with van der Waals surface area (Å²) < 4.78 is 21.0. The summed E-state index contributed by atoms with van der Waals surface area (Å²) in [5, 5.41) is 0.623. The molecule has 1 aromatic carbocycles. The number of ether oxygens (including phenoxy) is 4. The zero-order valence-electron chi connectivity index (χ0n) is 11.8. The maximum absolute atomic E-state index is 6.03. The Bertz CT molecular complexity index is 376. The van der Waals surface area contributed by atoms with Gasteiger partial charge < -0.3 is 24.7 Å². The summed E-state index contributed by atoms with van der Waals surface area (Å²) in [5.74, 6) is 0.715. The van der Waals surface area contributed by atoms with Gasteiger partial charge in [-0.1, -0.05) is 17.7 Å². The van der Waals surface area contributed by atoms with Crippen LogP contribution in [0.2, 0.25) is 5.02 Å². The second-order valence-electron chi connectivity index (χ2n) is 4.02. The van der Waals surface area contributed by atoms with Gasteiger partial charge in [0, 0.05) is 18.7 Å². The summed E-state index contributed by atoms with van der Waals surface area (Å²) in [5.41, 5.74) is 6.44. The third-order valence-corrected chi connectivity index (χ3v) is 2.90. The molecule has 0 aliphatic heterocycles. The molecular weight excluding hydrogens is 282 g/mol. The van der Waals surface area contributed by atoms with Crippen molar-refractivity contribution < 1.29 is 18.9 Å². The van der Waals surface area contributed by atoms with E-state index >= 15 is 0 Å². The van der Waals surface area contributed by atoms with Crippen molar-refractivity contribution in [2.45, 2.75) is 6.54 Å². The van der Waals surface area contributed by atoms with Gasteiger partial charge >= 0.3 is 0 Å². The van der Waals surface area contributed by atoms with E-state index in [1.165, 1.54) is 0 Å². The minimum absolute atomic E-state index is 0.422. The Labute approximate surface area is 124 Å². The fourth-order valence-electron chi connectivity index (χ4n) is 1.47. The van der Waals surface area contributed by atoms with Crippen LogP contribution in [0, 0.1) is 0 Å². The smallest absolute Gasteiger partial charge is 0.120 e. The Morgan fingerprint density at radius 3 is 2.25 bits per heavy atom. The minimum Gasteiger partial charge on any atom is -0.491 e. The van der Waals surface area contributed by atoms with Crippen LogP contribution in [-0.2, 0) is 20.8 Å². The number of rotatable bonds is 11. The lowest BCUT2D eigenvalue weighted by atomic mass is 10.2. The molecule has 0 bridgehead atoms. The van der Waals surface area contributed by atoms with Crippen LogP contribution in [0.3, 0.4) is 0 Å². The molecule has 5 nitrogen and oxygen atoms in total. The summed E-state index contributed by atoms with van der Waals surface area (Å²) in [4.78, 5) is 0. The summed E-state index contributed by atoms with van der Waals surface area (Å²) in [6.07, 6.45) is 0. The molecule has 1 rings (SSSR count). The van der Waals surface area contributed by atoms with Crippen LogP contribution in [0.5, 0.6) is 5.75 Å². The maximum Gasteiger partial charge on any atom is 0.120 e. The highest BCUT2D eigenvalue weighted by atomic mass is 35.5. The van der Waals surface area contributed by atoms with Crippen molar-refractivity contribution in [2.75, 3.05) is 46.8 Å². The van der Waals surface area contributed by atoms with Crippen LogP contribution < -0.4 is 10.5 Å². The quantitative estimate of drug-likeness (QED) is 0.632. The standard InChI is InChI=1S/C14H22ClNO4/c1-17-4-5-18-6-7-19-8-9-20-13-3-2-12(11-16)14(15)10-13/h2-3,10H,4-9,11,16H2,1H3. The molecule has 20 heavy (non-hydrogen) atoms. The van der Waals surface area contributed by atoms with Gasteiger partial charge in [-0.05, 0) is 17.7 Å². The highest BCUT2D eigenvalue weighted by Crippen LogP contribution is 2.22. The zero-order valence-corrected chi connectivity index (χ0v) is 12.5. The fourth-order valence-corrected chi connectivity index (χ4v) is 1.71. The average Bonchev–Trinajstić information content (AvgIpc) is 2.46. The lowest BCUT2D eigenvalue weighted by Crippen LogP contribution is -2.12. The molecule has 0 saturated carbocycles. The fraction of sp³-hybridized carbons (Fsp3) is 0.571. The van der Waals surface area contributed by atoms with Crippen LogP contribution in [0.1, 0.15) is 5.56 Å². The second-order valence-corrected chi connectivity index (χ2v) is 4.43. The van der Waals surface area contributed by atoms with E-state index in [1.54, 1.807) is 13.2 Å². The van der Waals surface area contributed by atoms with Crippen LogP contribution >= 0.6 is 11.6 Å². The molecule has 0 radical (unpaired) electrons. The molecule has 6 heteroatoms. The molecule has 2 N–H and O–H groups in total. The average molecular weight is 304 g/mol. The number of hydrogen-bond acceptors (Lipinski definition) is 5. The molecule has 0 saturated heterocycles. The number of hydrogen-bond donors (Lipinski definition) is 1. The monoisotopic (exact) mass is 303 g/mol. The first-order chi connectivity index (χ1) is 9.77. The zero-order chi connectivity index (χ0) is 14.6. The summed E-state index contributed by atoms with van der Waals surface area (Å²) >= 11 is 6.03. The van der Waals surface area contributed by atoms with Crippen LogP contribution in [0.15, 0.2) is 18.2 Å². The van der Waals surface area contributed by atoms with E-state index in [1.807, 2.05) is 12.1 Å². The van der Waals surface area contributed by atoms with Crippen LogP contribution in [-0.4, -0.2) is 46.8 Å². The third kappa shape index (κ3) is 7.07. The van der Waals surface area contributed by atoms with Crippen LogP contribution in [0.25, 0.3) is 0 Å². The molecule has 0 aromatic heterocycles. The SMILES string of the molecule is COCCOCCOCCOc1ccc(CN)c(Cl)c1. The van der Waals surface area contributed by atoms with E-state index in [0.29, 0.717) is 57.0 Å². The van der Waals surface area contributed by atoms with Gasteiger partial charge in [0.2, 0.25) is 0 Å². The van der Waals surface area contributed by atoms with E-state index < -0.39 is 0 Å². The number of methoxy groups -OCH3 is 1. The first-order valence-electron chi connectivity index (χ1n) is 6.53. The highest BCUT2D eigenvalue weighted by Gasteiger charge is 2.01. The largest absolute Gasteiger partial charge is 0.491 e. The van der Waals surface area contributed by atoms with Gasteiger partial charge in [-0.3, -0.25) is 0 Å². The van der Waals surface area contributed by atoms with Gasteiger partial charge in [-0.25, -0.2) is 0 Å². The molecule has 1 aromatic rings. The molecule has 114 valence electrons. The van der Waals surface area contributed by atoms with Crippen molar-refractivity contribution in [1.29, 1.82) is 0 Å². The first-order valence-corrected chi connectivity index (χ1v) is 6.91. The predicted octanol–water partition coefficient (Wildman–Crippen LogP) is 1.86. The predicted molar refractivity (Wildman–Crippen MR) is 78.4 cm³/mol.